The fourth-order valence-corrected chi connectivity index (χ4v) is 3.27. The lowest BCUT2D eigenvalue weighted by molar-refractivity contribution is -0.121. The van der Waals surface area contributed by atoms with Gasteiger partial charge in [0.2, 0.25) is 0 Å². The van der Waals surface area contributed by atoms with Crippen molar-refractivity contribution in [3.05, 3.63) is 52.5 Å². The summed E-state index contributed by atoms with van der Waals surface area (Å²) in [6.45, 7) is 2.46. The zero-order chi connectivity index (χ0) is 19.4. The summed E-state index contributed by atoms with van der Waals surface area (Å²) in [5.74, 6) is -0.226. The average molecular weight is 390 g/mol. The maximum absolute atomic E-state index is 12.5. The van der Waals surface area contributed by atoms with Gasteiger partial charge in [-0.05, 0) is 37.1 Å². The Morgan fingerprint density at radius 3 is 2.74 bits per heavy atom. The molecule has 0 saturated heterocycles. The predicted octanol–water partition coefficient (Wildman–Crippen LogP) is 3.49. The number of carbonyl (C=O) groups is 2. The van der Waals surface area contributed by atoms with Gasteiger partial charge in [0, 0.05) is 12.2 Å². The van der Waals surface area contributed by atoms with Crippen LogP contribution in [0.1, 0.15) is 22.8 Å². The van der Waals surface area contributed by atoms with Crippen LogP contribution in [-0.4, -0.2) is 38.7 Å². The van der Waals surface area contributed by atoms with Gasteiger partial charge in [-0.15, -0.1) is 0 Å². The first kappa shape index (κ1) is 19.0. The summed E-state index contributed by atoms with van der Waals surface area (Å²) in [7, 11) is 1.46. The van der Waals surface area contributed by atoms with Crippen molar-refractivity contribution < 1.29 is 23.8 Å². The molecular formula is C20H20ClNO5. The standard InChI is InChI=1S/C20H20ClNO5/c1-3-26-19-15(21)10-14(11-17(19)25-2)20(24)27-12-18(23)22-9-8-13-6-4-5-7-16(13)22/h4-7,10-11H,3,8-9,12H2,1-2H3. The van der Waals surface area contributed by atoms with Gasteiger partial charge in [0.1, 0.15) is 0 Å². The maximum atomic E-state index is 12.5. The summed E-state index contributed by atoms with van der Waals surface area (Å²) in [6.07, 6.45) is 0.793. The first-order valence-corrected chi connectivity index (χ1v) is 8.98. The predicted molar refractivity (Wildman–Crippen MR) is 102 cm³/mol. The van der Waals surface area contributed by atoms with Gasteiger partial charge in [0.25, 0.3) is 5.91 Å². The number of fused-ring (bicyclic) bond motifs is 1. The van der Waals surface area contributed by atoms with Crippen LogP contribution in [0.4, 0.5) is 5.69 Å². The first-order chi connectivity index (χ1) is 13.0. The number of nitrogens with zero attached hydrogens (tertiary/aromatic N) is 1. The third-order valence-corrected chi connectivity index (χ3v) is 4.55. The van der Waals surface area contributed by atoms with E-state index in [2.05, 4.69) is 0 Å². The number of amides is 1. The van der Waals surface area contributed by atoms with Crippen molar-refractivity contribution >= 4 is 29.2 Å². The van der Waals surface area contributed by atoms with Crippen molar-refractivity contribution in [3.8, 4) is 11.5 Å². The molecule has 1 heterocycles. The minimum absolute atomic E-state index is 0.190. The Labute approximate surface area is 162 Å². The molecule has 27 heavy (non-hydrogen) atoms. The number of hydrogen-bond acceptors (Lipinski definition) is 5. The first-order valence-electron chi connectivity index (χ1n) is 8.60. The normalized spacial score (nSPS) is 12.5. The molecule has 3 rings (SSSR count). The lowest BCUT2D eigenvalue weighted by Gasteiger charge is -2.17. The highest BCUT2D eigenvalue weighted by atomic mass is 35.5. The molecule has 0 saturated carbocycles. The van der Waals surface area contributed by atoms with Gasteiger partial charge < -0.3 is 19.1 Å². The third kappa shape index (κ3) is 4.01. The summed E-state index contributed by atoms with van der Waals surface area (Å²) in [5.41, 5.74) is 2.17. The van der Waals surface area contributed by atoms with E-state index in [0.29, 0.717) is 24.7 Å². The number of methoxy groups -OCH3 is 1. The second-order valence-corrected chi connectivity index (χ2v) is 6.33. The smallest absolute Gasteiger partial charge is 0.338 e. The second-order valence-electron chi connectivity index (χ2n) is 5.92. The van der Waals surface area contributed by atoms with E-state index in [1.165, 1.54) is 19.2 Å². The number of halogens is 1. The van der Waals surface area contributed by atoms with E-state index in [-0.39, 0.29) is 23.1 Å². The number of para-hydroxylation sites is 1. The minimum atomic E-state index is -0.654. The Hall–Kier alpha value is -2.73. The van der Waals surface area contributed by atoms with Crippen LogP contribution in [0.15, 0.2) is 36.4 Å². The molecule has 7 heteroatoms. The quantitative estimate of drug-likeness (QED) is 0.707. The molecule has 0 aromatic heterocycles. The number of carbonyl (C=O) groups excluding carboxylic acids is 2. The zero-order valence-electron chi connectivity index (χ0n) is 15.2. The van der Waals surface area contributed by atoms with Gasteiger partial charge >= 0.3 is 5.97 Å². The molecule has 142 valence electrons. The van der Waals surface area contributed by atoms with Crippen molar-refractivity contribution in [1.82, 2.24) is 0 Å². The molecule has 2 aromatic rings. The van der Waals surface area contributed by atoms with E-state index >= 15 is 0 Å². The van der Waals surface area contributed by atoms with Gasteiger partial charge in [-0.2, -0.15) is 0 Å². The molecule has 0 atom stereocenters. The summed E-state index contributed by atoms with van der Waals surface area (Å²) in [5, 5.41) is 0.239. The van der Waals surface area contributed by atoms with Crippen molar-refractivity contribution in [3.63, 3.8) is 0 Å². The lowest BCUT2D eigenvalue weighted by atomic mass is 10.2. The van der Waals surface area contributed by atoms with Gasteiger partial charge in [0.05, 0.1) is 24.3 Å². The van der Waals surface area contributed by atoms with Crippen molar-refractivity contribution in [1.29, 1.82) is 0 Å². The Morgan fingerprint density at radius 2 is 2.00 bits per heavy atom. The van der Waals surface area contributed by atoms with Crippen LogP contribution in [0.2, 0.25) is 5.02 Å². The van der Waals surface area contributed by atoms with Crippen LogP contribution < -0.4 is 14.4 Å². The van der Waals surface area contributed by atoms with Crippen LogP contribution in [0.5, 0.6) is 11.5 Å². The Balaban J connectivity index is 1.68. The number of benzene rings is 2. The van der Waals surface area contributed by atoms with Gasteiger partial charge in [-0.25, -0.2) is 4.79 Å². The van der Waals surface area contributed by atoms with E-state index in [1.54, 1.807) is 4.90 Å². The molecule has 1 aliphatic rings. The highest BCUT2D eigenvalue weighted by molar-refractivity contribution is 6.32. The highest BCUT2D eigenvalue weighted by Crippen LogP contribution is 2.36. The topological polar surface area (TPSA) is 65.1 Å². The van der Waals surface area contributed by atoms with E-state index < -0.39 is 5.97 Å². The van der Waals surface area contributed by atoms with Crippen LogP contribution in [0, 0.1) is 0 Å². The molecule has 0 N–H and O–H groups in total. The van der Waals surface area contributed by atoms with Crippen molar-refractivity contribution in [2.24, 2.45) is 0 Å². The van der Waals surface area contributed by atoms with Crippen molar-refractivity contribution in [2.45, 2.75) is 13.3 Å². The van der Waals surface area contributed by atoms with Gasteiger partial charge in [-0.3, -0.25) is 4.79 Å². The molecule has 0 radical (unpaired) electrons. The molecule has 0 spiro atoms. The number of anilines is 1. The Morgan fingerprint density at radius 1 is 1.22 bits per heavy atom. The fourth-order valence-electron chi connectivity index (χ4n) is 3.01. The minimum Gasteiger partial charge on any atom is -0.493 e. The maximum Gasteiger partial charge on any atom is 0.338 e. The summed E-state index contributed by atoms with van der Waals surface area (Å²) in [6, 6.07) is 10.6. The molecular weight excluding hydrogens is 370 g/mol. The summed E-state index contributed by atoms with van der Waals surface area (Å²) >= 11 is 6.17. The Bertz CT molecular complexity index is 867. The second kappa shape index (κ2) is 8.31. The number of esters is 1. The zero-order valence-corrected chi connectivity index (χ0v) is 15.9. The van der Waals surface area contributed by atoms with Crippen LogP contribution in [0.3, 0.4) is 0 Å². The molecule has 6 nitrogen and oxygen atoms in total. The molecule has 0 aliphatic carbocycles. The van der Waals surface area contributed by atoms with Crippen LogP contribution in [0.25, 0.3) is 0 Å². The fraction of sp³-hybridized carbons (Fsp3) is 0.300. The van der Waals surface area contributed by atoms with E-state index in [9.17, 15) is 9.59 Å². The monoisotopic (exact) mass is 389 g/mol. The van der Waals surface area contributed by atoms with Gasteiger partial charge in [-0.1, -0.05) is 29.8 Å². The molecule has 0 fully saturated rings. The average Bonchev–Trinajstić information content (AvgIpc) is 3.11. The SMILES string of the molecule is CCOc1c(Cl)cc(C(=O)OCC(=O)N2CCc3ccccc32)cc1OC. The molecule has 1 aliphatic heterocycles. The van der Waals surface area contributed by atoms with E-state index in [0.717, 1.165) is 17.7 Å². The molecule has 0 bridgehead atoms. The van der Waals surface area contributed by atoms with E-state index in [4.69, 9.17) is 25.8 Å². The molecule has 0 unspecified atom stereocenters. The number of hydrogen-bond donors (Lipinski definition) is 0. The third-order valence-electron chi connectivity index (χ3n) is 4.27. The Kier molecular flexibility index (Phi) is 5.86. The van der Waals surface area contributed by atoms with Crippen molar-refractivity contribution in [2.75, 3.05) is 31.8 Å². The van der Waals surface area contributed by atoms with Crippen LogP contribution >= 0.6 is 11.6 Å². The lowest BCUT2D eigenvalue weighted by Crippen LogP contribution is -2.33. The van der Waals surface area contributed by atoms with E-state index in [1.807, 2.05) is 31.2 Å². The summed E-state index contributed by atoms with van der Waals surface area (Å²) in [4.78, 5) is 26.4. The largest absolute Gasteiger partial charge is 0.493 e. The molecule has 1 amide bonds. The van der Waals surface area contributed by atoms with Crippen LogP contribution in [-0.2, 0) is 16.0 Å². The summed E-state index contributed by atoms with van der Waals surface area (Å²) < 4.78 is 15.8. The molecule has 2 aromatic carbocycles. The van der Waals surface area contributed by atoms with Gasteiger partial charge in [0.15, 0.2) is 18.1 Å². The number of ether oxygens (including phenoxy) is 3. The number of rotatable bonds is 6. The highest BCUT2D eigenvalue weighted by Gasteiger charge is 2.25.